The van der Waals surface area contributed by atoms with E-state index in [1.54, 1.807) is 7.11 Å². The van der Waals surface area contributed by atoms with Gasteiger partial charge in [0, 0.05) is 0 Å². The third-order valence-corrected chi connectivity index (χ3v) is 5.24. The van der Waals surface area contributed by atoms with E-state index in [2.05, 4.69) is 12.1 Å². The average molecular weight is 380 g/mol. The maximum atomic E-state index is 6.09. The Hall–Kier alpha value is -0.450. The van der Waals surface area contributed by atoms with Crippen LogP contribution in [-0.4, -0.2) is 7.11 Å². The third-order valence-electron chi connectivity index (χ3n) is 2.12. The first kappa shape index (κ1) is 13.0. The molecule has 0 saturated heterocycles. The van der Waals surface area contributed by atoms with Crippen molar-refractivity contribution in [3.05, 3.63) is 59.7 Å². The standard InChI is InChI=1S/C13H10Cl2IO/c1-17-13-6-5-11(8-12(13)15)16-10-4-2-3-9(14)7-10/h2-8H,1H3/q-1. The Morgan fingerprint density at radius 1 is 1.00 bits per heavy atom. The summed E-state index contributed by atoms with van der Waals surface area (Å²) in [6.07, 6.45) is 0. The van der Waals surface area contributed by atoms with E-state index in [-0.39, 0.29) is 21.2 Å². The fourth-order valence-electron chi connectivity index (χ4n) is 1.34. The molecule has 0 unspecified atom stereocenters. The van der Waals surface area contributed by atoms with Gasteiger partial charge in [-0.3, -0.25) is 0 Å². The van der Waals surface area contributed by atoms with Gasteiger partial charge in [0.25, 0.3) is 0 Å². The molecule has 0 atom stereocenters. The molecule has 0 amide bonds. The molecule has 0 spiro atoms. The molecule has 4 heteroatoms. The molecule has 0 bridgehead atoms. The molecule has 0 saturated carbocycles. The molecule has 2 aromatic carbocycles. The number of hydrogen-bond donors (Lipinski definition) is 0. The van der Waals surface area contributed by atoms with Crippen LogP contribution in [0.1, 0.15) is 0 Å². The van der Waals surface area contributed by atoms with Gasteiger partial charge < -0.3 is 0 Å². The zero-order valence-electron chi connectivity index (χ0n) is 9.08. The van der Waals surface area contributed by atoms with Crippen molar-refractivity contribution < 1.29 is 25.9 Å². The van der Waals surface area contributed by atoms with E-state index >= 15 is 0 Å². The summed E-state index contributed by atoms with van der Waals surface area (Å²) >= 11 is 11.8. The number of hydrogen-bond acceptors (Lipinski definition) is 1. The van der Waals surface area contributed by atoms with E-state index in [1.807, 2.05) is 30.3 Å². The minimum atomic E-state index is -0.247. The van der Waals surface area contributed by atoms with Crippen LogP contribution in [0.25, 0.3) is 0 Å². The van der Waals surface area contributed by atoms with Crippen molar-refractivity contribution in [2.75, 3.05) is 7.11 Å². The summed E-state index contributed by atoms with van der Waals surface area (Å²) in [5, 5.41) is 1.44. The van der Waals surface area contributed by atoms with Gasteiger partial charge in [0.2, 0.25) is 0 Å². The summed E-state index contributed by atoms with van der Waals surface area (Å²) in [6.45, 7) is 0. The zero-order valence-corrected chi connectivity index (χ0v) is 12.8. The molecule has 0 aliphatic rings. The van der Waals surface area contributed by atoms with E-state index in [9.17, 15) is 0 Å². The summed E-state index contributed by atoms with van der Waals surface area (Å²) < 4.78 is 7.65. The molecular formula is C13H10Cl2IO-. The minimum absolute atomic E-state index is 0.247. The summed E-state index contributed by atoms with van der Waals surface area (Å²) in [5.41, 5.74) is 0. The fourth-order valence-corrected chi connectivity index (χ4v) is 4.58. The van der Waals surface area contributed by atoms with Crippen LogP contribution >= 0.6 is 23.2 Å². The number of rotatable bonds is 3. The molecule has 0 fully saturated rings. The normalized spacial score (nSPS) is 10.5. The Morgan fingerprint density at radius 3 is 2.41 bits per heavy atom. The third kappa shape index (κ3) is 3.50. The van der Waals surface area contributed by atoms with Crippen LogP contribution in [0, 0.1) is 7.14 Å². The van der Waals surface area contributed by atoms with Crippen molar-refractivity contribution in [3.63, 3.8) is 0 Å². The SMILES string of the molecule is COc1ccc([I-]c2cccc(Cl)c2)cc1Cl. The van der Waals surface area contributed by atoms with Gasteiger partial charge in [-0.15, -0.1) is 0 Å². The summed E-state index contributed by atoms with van der Waals surface area (Å²) in [4.78, 5) is 0. The molecule has 0 aliphatic heterocycles. The molecule has 90 valence electrons. The molecule has 0 aliphatic carbocycles. The molecule has 2 rings (SSSR count). The van der Waals surface area contributed by atoms with Crippen LogP contribution in [0.15, 0.2) is 42.5 Å². The number of methoxy groups -OCH3 is 1. The Morgan fingerprint density at radius 2 is 1.76 bits per heavy atom. The molecular weight excluding hydrogens is 370 g/mol. The van der Waals surface area contributed by atoms with Gasteiger partial charge >= 0.3 is 122 Å². The average Bonchev–Trinajstić information content (AvgIpc) is 2.29. The van der Waals surface area contributed by atoms with Gasteiger partial charge in [0.1, 0.15) is 0 Å². The monoisotopic (exact) mass is 379 g/mol. The van der Waals surface area contributed by atoms with Gasteiger partial charge in [-0.2, -0.15) is 0 Å². The first-order valence-corrected chi connectivity index (χ1v) is 7.84. The van der Waals surface area contributed by atoms with Crippen LogP contribution < -0.4 is 25.9 Å². The van der Waals surface area contributed by atoms with E-state index in [0.29, 0.717) is 10.8 Å². The predicted octanol–water partition coefficient (Wildman–Crippen LogP) is 1.13. The van der Waals surface area contributed by atoms with Crippen molar-refractivity contribution in [1.82, 2.24) is 0 Å². The molecule has 0 heterocycles. The Labute approximate surface area is 121 Å². The molecule has 0 aromatic heterocycles. The van der Waals surface area contributed by atoms with Crippen LogP contribution in [-0.2, 0) is 0 Å². The van der Waals surface area contributed by atoms with Crippen molar-refractivity contribution in [2.24, 2.45) is 0 Å². The predicted molar refractivity (Wildman–Crippen MR) is 66.9 cm³/mol. The number of benzene rings is 2. The Balaban J connectivity index is 2.22. The second-order valence-corrected chi connectivity index (χ2v) is 7.19. The van der Waals surface area contributed by atoms with E-state index in [1.165, 1.54) is 7.14 Å². The van der Waals surface area contributed by atoms with E-state index in [0.717, 1.165) is 5.02 Å². The Bertz CT molecular complexity index is 529. The van der Waals surface area contributed by atoms with Gasteiger partial charge in [0.05, 0.1) is 0 Å². The topological polar surface area (TPSA) is 9.23 Å². The maximum absolute atomic E-state index is 6.09. The molecule has 17 heavy (non-hydrogen) atoms. The van der Waals surface area contributed by atoms with Crippen LogP contribution in [0.2, 0.25) is 10.0 Å². The summed E-state index contributed by atoms with van der Waals surface area (Å²) in [6, 6.07) is 13.9. The van der Waals surface area contributed by atoms with Gasteiger partial charge in [-0.1, -0.05) is 0 Å². The van der Waals surface area contributed by atoms with Crippen LogP contribution in [0.4, 0.5) is 0 Å². The number of ether oxygens (including phenoxy) is 1. The van der Waals surface area contributed by atoms with Crippen LogP contribution in [0.3, 0.4) is 0 Å². The second kappa shape index (κ2) is 5.94. The summed E-state index contributed by atoms with van der Waals surface area (Å²) in [5.74, 6) is 0.713. The molecule has 2 aromatic rings. The first-order valence-electron chi connectivity index (χ1n) is 4.93. The van der Waals surface area contributed by atoms with Crippen LogP contribution in [0.5, 0.6) is 5.75 Å². The summed E-state index contributed by atoms with van der Waals surface area (Å²) in [7, 11) is 1.62. The molecule has 0 N–H and O–H groups in total. The fraction of sp³-hybridized carbons (Fsp3) is 0.0769. The van der Waals surface area contributed by atoms with Gasteiger partial charge in [0.15, 0.2) is 0 Å². The molecule has 0 radical (unpaired) electrons. The van der Waals surface area contributed by atoms with Crippen molar-refractivity contribution in [2.45, 2.75) is 0 Å². The van der Waals surface area contributed by atoms with Crippen molar-refractivity contribution in [1.29, 1.82) is 0 Å². The molecule has 1 nitrogen and oxygen atoms in total. The first-order chi connectivity index (χ1) is 8.19. The number of halogens is 3. The Kier molecular flexibility index (Phi) is 4.54. The quantitative estimate of drug-likeness (QED) is 0.726. The second-order valence-electron chi connectivity index (χ2n) is 3.31. The van der Waals surface area contributed by atoms with Gasteiger partial charge in [-0.05, 0) is 0 Å². The van der Waals surface area contributed by atoms with Crippen molar-refractivity contribution >= 4 is 23.2 Å². The van der Waals surface area contributed by atoms with Gasteiger partial charge in [-0.25, -0.2) is 0 Å². The zero-order chi connectivity index (χ0) is 12.3. The van der Waals surface area contributed by atoms with E-state index in [4.69, 9.17) is 27.9 Å². The van der Waals surface area contributed by atoms with E-state index < -0.39 is 0 Å². The van der Waals surface area contributed by atoms with Crippen molar-refractivity contribution in [3.8, 4) is 5.75 Å².